The number of carbonyl (C=O) groups is 1. The number of urea groups is 1. The molecule has 7 heteroatoms. The number of benzene rings is 2. The Bertz CT molecular complexity index is 998. The topological polar surface area (TPSA) is 80.1 Å². The summed E-state index contributed by atoms with van der Waals surface area (Å²) in [5.74, 6) is 0.321. The summed E-state index contributed by atoms with van der Waals surface area (Å²) in [6.45, 7) is 1.74. The Labute approximate surface area is 148 Å². The van der Waals surface area contributed by atoms with Gasteiger partial charge in [-0.25, -0.2) is 9.18 Å². The molecule has 3 aromatic rings. The van der Waals surface area contributed by atoms with Crippen molar-refractivity contribution in [2.24, 2.45) is 0 Å². The van der Waals surface area contributed by atoms with Crippen LogP contribution in [0.5, 0.6) is 0 Å². The summed E-state index contributed by atoms with van der Waals surface area (Å²) < 4.78 is 19.1. The number of rotatable bonds is 3. The fourth-order valence-electron chi connectivity index (χ4n) is 2.95. The van der Waals surface area contributed by atoms with Crippen LogP contribution < -0.4 is 10.6 Å². The first kappa shape index (κ1) is 16.0. The fraction of sp³-hybridized carbons (Fsp3) is 0.105. The molecule has 6 nitrogen and oxygen atoms in total. The van der Waals surface area contributed by atoms with E-state index in [9.17, 15) is 9.18 Å². The van der Waals surface area contributed by atoms with E-state index in [2.05, 4.69) is 20.8 Å². The molecule has 0 saturated heterocycles. The van der Waals surface area contributed by atoms with Gasteiger partial charge in [-0.2, -0.15) is 4.98 Å². The molecule has 0 saturated carbocycles. The molecule has 0 spiro atoms. The van der Waals surface area contributed by atoms with E-state index >= 15 is 0 Å². The quantitative estimate of drug-likeness (QED) is 0.755. The molecule has 26 heavy (non-hydrogen) atoms. The minimum atomic E-state index is -0.594. The highest BCUT2D eigenvalue weighted by molar-refractivity contribution is 5.86. The number of nitrogens with zero attached hydrogens (tertiary/aromatic N) is 2. The minimum absolute atomic E-state index is 0.267. The van der Waals surface area contributed by atoms with E-state index in [1.54, 1.807) is 19.1 Å². The smallest absolute Gasteiger partial charge is 0.319 e. The number of nitrogens with one attached hydrogen (secondary N) is 2. The molecule has 130 valence electrons. The van der Waals surface area contributed by atoms with Crippen LogP contribution in [0.2, 0.25) is 0 Å². The maximum atomic E-state index is 13.7. The summed E-state index contributed by atoms with van der Waals surface area (Å²) in [7, 11) is 0. The second-order valence-electron chi connectivity index (χ2n) is 5.91. The van der Waals surface area contributed by atoms with Crippen LogP contribution in [0.15, 0.2) is 64.8 Å². The molecule has 0 aliphatic carbocycles. The summed E-state index contributed by atoms with van der Waals surface area (Å²) in [5, 5.41) is 9.51. The van der Waals surface area contributed by atoms with Gasteiger partial charge >= 0.3 is 6.03 Å². The molecule has 2 aromatic carbocycles. The van der Waals surface area contributed by atoms with Crippen LogP contribution in [0.25, 0.3) is 17.0 Å². The van der Waals surface area contributed by atoms with E-state index in [0.29, 0.717) is 22.7 Å². The van der Waals surface area contributed by atoms with Crippen molar-refractivity contribution in [2.75, 3.05) is 0 Å². The summed E-state index contributed by atoms with van der Waals surface area (Å²) in [4.78, 5) is 16.4. The van der Waals surface area contributed by atoms with Crippen LogP contribution in [0, 0.1) is 5.82 Å². The van der Waals surface area contributed by atoms with Gasteiger partial charge in [0.25, 0.3) is 5.89 Å². The van der Waals surface area contributed by atoms with Crippen molar-refractivity contribution in [3.05, 3.63) is 77.6 Å². The second kappa shape index (κ2) is 6.44. The largest absolute Gasteiger partial charge is 0.334 e. The predicted octanol–water partition coefficient (Wildman–Crippen LogP) is 3.66. The van der Waals surface area contributed by atoms with E-state index in [4.69, 9.17) is 4.52 Å². The average molecular weight is 350 g/mol. The molecule has 2 N–H and O–H groups in total. The maximum Gasteiger partial charge on any atom is 0.319 e. The third kappa shape index (κ3) is 2.95. The van der Waals surface area contributed by atoms with Crippen molar-refractivity contribution in [3.63, 3.8) is 0 Å². The Kier molecular flexibility index (Phi) is 3.96. The Morgan fingerprint density at radius 3 is 2.69 bits per heavy atom. The molecule has 2 amide bonds. The van der Waals surface area contributed by atoms with E-state index in [0.717, 1.165) is 5.56 Å². The van der Waals surface area contributed by atoms with E-state index < -0.39 is 6.04 Å². The molecule has 4 rings (SSSR count). The zero-order valence-corrected chi connectivity index (χ0v) is 13.9. The normalized spacial score (nSPS) is 17.0. The van der Waals surface area contributed by atoms with E-state index in [1.807, 2.05) is 30.3 Å². The molecule has 1 atom stereocenters. The molecule has 1 aromatic heterocycles. The number of hydrogen-bond donors (Lipinski definition) is 2. The first-order valence-corrected chi connectivity index (χ1v) is 8.05. The van der Waals surface area contributed by atoms with Crippen LogP contribution in [0.4, 0.5) is 9.18 Å². The number of amides is 2. The molecule has 0 unspecified atom stereocenters. The molecule has 2 heterocycles. The Morgan fingerprint density at radius 2 is 1.92 bits per heavy atom. The maximum absolute atomic E-state index is 13.7. The van der Waals surface area contributed by atoms with Crippen molar-refractivity contribution < 1.29 is 13.7 Å². The van der Waals surface area contributed by atoms with Crippen LogP contribution in [0.3, 0.4) is 0 Å². The van der Waals surface area contributed by atoms with Gasteiger partial charge in [0.1, 0.15) is 5.82 Å². The van der Waals surface area contributed by atoms with E-state index in [-0.39, 0.29) is 17.7 Å². The van der Waals surface area contributed by atoms with Crippen molar-refractivity contribution in [3.8, 4) is 11.4 Å². The molecule has 0 fully saturated rings. The first-order chi connectivity index (χ1) is 12.6. The van der Waals surface area contributed by atoms with Crippen molar-refractivity contribution in [1.82, 2.24) is 20.8 Å². The van der Waals surface area contributed by atoms with Gasteiger partial charge in [-0.3, -0.25) is 0 Å². The van der Waals surface area contributed by atoms with Crippen LogP contribution >= 0.6 is 0 Å². The summed E-state index contributed by atoms with van der Waals surface area (Å²) in [6, 6.07) is 14.5. The minimum Gasteiger partial charge on any atom is -0.334 e. The number of halogens is 1. The molecular weight excluding hydrogens is 335 g/mol. The second-order valence-corrected chi connectivity index (χ2v) is 5.91. The van der Waals surface area contributed by atoms with Gasteiger partial charge in [0, 0.05) is 11.3 Å². The fourth-order valence-corrected chi connectivity index (χ4v) is 2.95. The molecule has 0 bridgehead atoms. The van der Waals surface area contributed by atoms with Crippen LogP contribution in [-0.2, 0) is 0 Å². The lowest BCUT2D eigenvalue weighted by Gasteiger charge is -2.27. The lowest BCUT2D eigenvalue weighted by atomic mass is 9.95. The highest BCUT2D eigenvalue weighted by Gasteiger charge is 2.31. The summed E-state index contributed by atoms with van der Waals surface area (Å²) in [6.07, 6.45) is 0. The molecule has 1 aliphatic rings. The van der Waals surface area contributed by atoms with Crippen molar-refractivity contribution in [1.29, 1.82) is 0 Å². The lowest BCUT2D eigenvalue weighted by Crippen LogP contribution is -2.43. The zero-order valence-electron chi connectivity index (χ0n) is 13.9. The van der Waals surface area contributed by atoms with Crippen LogP contribution in [0.1, 0.15) is 24.4 Å². The number of aromatic nitrogens is 2. The van der Waals surface area contributed by atoms with E-state index in [1.165, 1.54) is 12.1 Å². The molecule has 0 radical (unpaired) electrons. The van der Waals surface area contributed by atoms with Crippen molar-refractivity contribution in [2.45, 2.75) is 13.0 Å². The van der Waals surface area contributed by atoms with Gasteiger partial charge in [0.05, 0.1) is 11.6 Å². The Hall–Kier alpha value is -3.48. The highest BCUT2D eigenvalue weighted by atomic mass is 19.1. The van der Waals surface area contributed by atoms with Gasteiger partial charge in [0.15, 0.2) is 0 Å². The van der Waals surface area contributed by atoms with Gasteiger partial charge < -0.3 is 15.2 Å². The van der Waals surface area contributed by atoms with Gasteiger partial charge in [0.2, 0.25) is 5.82 Å². The zero-order chi connectivity index (χ0) is 18.1. The Morgan fingerprint density at radius 1 is 1.12 bits per heavy atom. The molecular formula is C19H15FN4O2. The van der Waals surface area contributed by atoms with Crippen LogP contribution in [-0.4, -0.2) is 16.2 Å². The molecule has 1 aliphatic heterocycles. The number of allylic oxidation sites excluding steroid dienone is 1. The van der Waals surface area contributed by atoms with Gasteiger partial charge in [-0.1, -0.05) is 47.6 Å². The lowest BCUT2D eigenvalue weighted by molar-refractivity contribution is 0.240. The monoisotopic (exact) mass is 350 g/mol. The first-order valence-electron chi connectivity index (χ1n) is 8.05. The third-order valence-corrected chi connectivity index (χ3v) is 4.14. The van der Waals surface area contributed by atoms with Gasteiger partial charge in [-0.15, -0.1) is 0 Å². The van der Waals surface area contributed by atoms with Crippen molar-refractivity contribution >= 4 is 11.6 Å². The number of hydrogen-bond acceptors (Lipinski definition) is 4. The van der Waals surface area contributed by atoms with Gasteiger partial charge in [-0.05, 0) is 24.6 Å². The standard InChI is InChI=1S/C19H15FN4O2/c1-11-15(18-23-17(24-26-18)12-6-3-2-4-7-12)16(22-19(25)21-11)13-8-5-9-14(20)10-13/h2-10,16H,1H3,(H2,21,22,25)/t16-/m1/s1. The number of carbonyl (C=O) groups excluding carboxylic acids is 1. The highest BCUT2D eigenvalue weighted by Crippen LogP contribution is 2.34. The summed E-state index contributed by atoms with van der Waals surface area (Å²) >= 11 is 0. The predicted molar refractivity (Wildman–Crippen MR) is 93.1 cm³/mol. The average Bonchev–Trinajstić information content (AvgIpc) is 3.11. The SMILES string of the molecule is CC1=C(c2nc(-c3ccccc3)no2)[C@@H](c2cccc(F)c2)NC(=O)N1. The Balaban J connectivity index is 1.78. The summed E-state index contributed by atoms with van der Waals surface area (Å²) in [5.41, 5.74) is 2.58. The third-order valence-electron chi connectivity index (χ3n) is 4.14.